The maximum Gasteiger partial charge on any atom is 0.319 e. The van der Waals surface area contributed by atoms with Crippen LogP contribution in [0.5, 0.6) is 0 Å². The molecule has 0 aromatic heterocycles. The second-order valence-corrected chi connectivity index (χ2v) is 7.27. The van der Waals surface area contributed by atoms with Gasteiger partial charge in [-0.05, 0) is 61.4 Å². The highest BCUT2D eigenvalue weighted by molar-refractivity contribution is 6.12. The Morgan fingerprint density at radius 3 is 1.94 bits per heavy atom. The average Bonchev–Trinajstić information content (AvgIpc) is 3.60. The Hall–Kier alpha value is -4.13. The van der Waals surface area contributed by atoms with Crippen molar-refractivity contribution >= 4 is 34.9 Å². The van der Waals surface area contributed by atoms with E-state index in [1.165, 1.54) is 0 Å². The quantitative estimate of drug-likeness (QED) is 0.479. The summed E-state index contributed by atoms with van der Waals surface area (Å²) in [6, 6.07) is 22.5. The molecule has 0 atom stereocenters. The van der Waals surface area contributed by atoms with E-state index in [9.17, 15) is 14.4 Å². The van der Waals surface area contributed by atoms with E-state index in [-0.39, 0.29) is 23.9 Å². The molecule has 0 heterocycles. The zero-order valence-electron chi connectivity index (χ0n) is 16.7. The van der Waals surface area contributed by atoms with E-state index in [2.05, 4.69) is 21.3 Å². The number of rotatable bonds is 6. The highest BCUT2D eigenvalue weighted by Gasteiger charge is 2.23. The highest BCUT2D eigenvalue weighted by Crippen LogP contribution is 2.21. The van der Waals surface area contributed by atoms with E-state index in [0.717, 1.165) is 12.8 Å². The van der Waals surface area contributed by atoms with Gasteiger partial charge in [0.1, 0.15) is 0 Å². The zero-order valence-corrected chi connectivity index (χ0v) is 16.7. The molecule has 1 aliphatic rings. The maximum atomic E-state index is 12.8. The third kappa shape index (κ3) is 5.48. The van der Waals surface area contributed by atoms with E-state index >= 15 is 0 Å². The van der Waals surface area contributed by atoms with E-state index in [1.807, 2.05) is 6.07 Å². The van der Waals surface area contributed by atoms with E-state index in [1.54, 1.807) is 72.8 Å². The van der Waals surface area contributed by atoms with Gasteiger partial charge in [0.05, 0.1) is 11.3 Å². The normalized spacial score (nSPS) is 12.5. The van der Waals surface area contributed by atoms with Gasteiger partial charge in [0.15, 0.2) is 0 Å². The first-order chi connectivity index (χ1) is 15.1. The highest BCUT2D eigenvalue weighted by atomic mass is 16.2. The molecule has 0 bridgehead atoms. The Labute approximate surface area is 179 Å². The minimum Gasteiger partial charge on any atom is -0.335 e. The monoisotopic (exact) mass is 414 g/mol. The lowest BCUT2D eigenvalue weighted by atomic mass is 10.1. The fraction of sp³-hybridized carbons (Fsp3) is 0.125. The number of benzene rings is 3. The molecule has 1 saturated carbocycles. The van der Waals surface area contributed by atoms with Gasteiger partial charge in [-0.15, -0.1) is 0 Å². The number of amides is 4. The summed E-state index contributed by atoms with van der Waals surface area (Å²) in [5.74, 6) is -0.642. The van der Waals surface area contributed by atoms with E-state index in [0.29, 0.717) is 28.2 Å². The lowest BCUT2D eigenvalue weighted by Crippen LogP contribution is -2.30. The van der Waals surface area contributed by atoms with Crippen LogP contribution < -0.4 is 21.3 Å². The number of carbonyl (C=O) groups excluding carboxylic acids is 3. The summed E-state index contributed by atoms with van der Waals surface area (Å²) < 4.78 is 0. The van der Waals surface area contributed by atoms with E-state index < -0.39 is 0 Å². The van der Waals surface area contributed by atoms with Gasteiger partial charge in [-0.1, -0.05) is 30.3 Å². The number of hydrogen-bond acceptors (Lipinski definition) is 3. The number of carbonyl (C=O) groups is 3. The summed E-state index contributed by atoms with van der Waals surface area (Å²) in [6.45, 7) is 0. The number of anilines is 3. The van der Waals surface area contributed by atoms with Gasteiger partial charge in [0.2, 0.25) is 0 Å². The summed E-state index contributed by atoms with van der Waals surface area (Å²) in [5, 5.41) is 11.2. The minimum absolute atomic E-state index is 0.234. The molecule has 0 saturated heterocycles. The van der Waals surface area contributed by atoms with Gasteiger partial charge in [0.25, 0.3) is 11.8 Å². The Balaban J connectivity index is 1.40. The summed E-state index contributed by atoms with van der Waals surface area (Å²) in [6.07, 6.45) is 2.04. The summed E-state index contributed by atoms with van der Waals surface area (Å²) in [5.41, 5.74) is 2.47. The molecule has 156 valence electrons. The lowest BCUT2D eigenvalue weighted by Gasteiger charge is -2.12. The number of nitrogens with one attached hydrogen (secondary N) is 4. The van der Waals surface area contributed by atoms with Gasteiger partial charge in [-0.3, -0.25) is 9.59 Å². The van der Waals surface area contributed by atoms with Crippen molar-refractivity contribution in [3.8, 4) is 0 Å². The Morgan fingerprint density at radius 1 is 0.645 bits per heavy atom. The third-order valence-corrected chi connectivity index (χ3v) is 4.77. The standard InChI is InChI=1S/C24H22N4O3/c29-22(16-6-2-1-3-7-16)28-21-9-5-4-8-20(21)23(30)25-17-10-12-18(13-11-17)26-24(31)27-19-14-15-19/h1-13,19H,14-15H2,(H,25,30)(H,28,29)(H2,26,27,31). The van der Waals surface area contributed by atoms with Crippen LogP contribution in [-0.2, 0) is 0 Å². The smallest absolute Gasteiger partial charge is 0.319 e. The van der Waals surface area contributed by atoms with Gasteiger partial charge < -0.3 is 21.3 Å². The Kier molecular flexibility index (Phi) is 5.93. The molecule has 4 N–H and O–H groups in total. The molecular weight excluding hydrogens is 392 g/mol. The van der Waals surface area contributed by atoms with Crippen LogP contribution in [0.2, 0.25) is 0 Å². The number of hydrogen-bond donors (Lipinski definition) is 4. The van der Waals surface area contributed by atoms with Crippen molar-refractivity contribution in [1.29, 1.82) is 0 Å². The first-order valence-electron chi connectivity index (χ1n) is 10.0. The maximum absolute atomic E-state index is 12.8. The largest absolute Gasteiger partial charge is 0.335 e. The van der Waals surface area contributed by atoms with Crippen molar-refractivity contribution in [2.24, 2.45) is 0 Å². The molecule has 1 fully saturated rings. The molecule has 0 aliphatic heterocycles. The molecule has 3 aromatic carbocycles. The van der Waals surface area contributed by atoms with Gasteiger partial charge in [0, 0.05) is 23.0 Å². The van der Waals surface area contributed by atoms with Crippen molar-refractivity contribution in [3.63, 3.8) is 0 Å². The van der Waals surface area contributed by atoms with Crippen molar-refractivity contribution in [3.05, 3.63) is 90.0 Å². The van der Waals surface area contributed by atoms with Crippen LogP contribution in [0.25, 0.3) is 0 Å². The van der Waals surface area contributed by atoms with Crippen molar-refractivity contribution < 1.29 is 14.4 Å². The average molecular weight is 414 g/mol. The number of para-hydroxylation sites is 1. The summed E-state index contributed by atoms with van der Waals surface area (Å²) in [4.78, 5) is 37.1. The fourth-order valence-corrected chi connectivity index (χ4v) is 2.99. The predicted octanol–water partition coefficient (Wildman–Crippen LogP) is 4.48. The second-order valence-electron chi connectivity index (χ2n) is 7.27. The molecular formula is C24H22N4O3. The first kappa shape index (κ1) is 20.2. The molecule has 7 heteroatoms. The van der Waals surface area contributed by atoms with Crippen LogP contribution in [-0.4, -0.2) is 23.9 Å². The van der Waals surface area contributed by atoms with Crippen molar-refractivity contribution in [1.82, 2.24) is 5.32 Å². The first-order valence-corrected chi connectivity index (χ1v) is 10.0. The zero-order chi connectivity index (χ0) is 21.6. The van der Waals surface area contributed by atoms with Gasteiger partial charge >= 0.3 is 6.03 Å². The molecule has 7 nitrogen and oxygen atoms in total. The molecule has 31 heavy (non-hydrogen) atoms. The van der Waals surface area contributed by atoms with Crippen LogP contribution in [0, 0.1) is 0 Å². The summed E-state index contributed by atoms with van der Waals surface area (Å²) >= 11 is 0. The Morgan fingerprint density at radius 2 is 1.26 bits per heavy atom. The fourth-order valence-electron chi connectivity index (χ4n) is 2.99. The predicted molar refractivity (Wildman–Crippen MR) is 120 cm³/mol. The Bertz CT molecular complexity index is 1090. The lowest BCUT2D eigenvalue weighted by molar-refractivity contribution is 0.102. The molecule has 4 rings (SSSR count). The van der Waals surface area contributed by atoms with Crippen LogP contribution in [0.1, 0.15) is 33.6 Å². The van der Waals surface area contributed by atoms with Gasteiger partial charge in [-0.2, -0.15) is 0 Å². The van der Waals surface area contributed by atoms with Crippen LogP contribution in [0.3, 0.4) is 0 Å². The topological polar surface area (TPSA) is 99.3 Å². The SMILES string of the molecule is O=C(Nc1ccc(NC(=O)c2ccccc2NC(=O)c2ccccc2)cc1)NC1CC1. The molecule has 1 aliphatic carbocycles. The minimum atomic E-state index is -0.351. The van der Waals surface area contributed by atoms with Crippen molar-refractivity contribution in [2.75, 3.05) is 16.0 Å². The molecule has 3 aromatic rings. The van der Waals surface area contributed by atoms with Crippen LogP contribution in [0.4, 0.5) is 21.9 Å². The van der Waals surface area contributed by atoms with Crippen LogP contribution >= 0.6 is 0 Å². The second kappa shape index (κ2) is 9.13. The third-order valence-electron chi connectivity index (χ3n) is 4.77. The molecule has 4 amide bonds. The molecule has 0 unspecified atom stereocenters. The number of urea groups is 1. The van der Waals surface area contributed by atoms with Crippen LogP contribution in [0.15, 0.2) is 78.9 Å². The van der Waals surface area contributed by atoms with Gasteiger partial charge in [-0.25, -0.2) is 4.79 Å². The summed E-state index contributed by atoms with van der Waals surface area (Å²) in [7, 11) is 0. The van der Waals surface area contributed by atoms with E-state index in [4.69, 9.17) is 0 Å². The molecule has 0 radical (unpaired) electrons. The van der Waals surface area contributed by atoms with Crippen molar-refractivity contribution in [2.45, 2.75) is 18.9 Å². The molecule has 0 spiro atoms.